The van der Waals surface area contributed by atoms with E-state index in [1.807, 2.05) is 0 Å². The lowest BCUT2D eigenvalue weighted by Gasteiger charge is -2.11. The average Bonchev–Trinajstić information content (AvgIpc) is 2.89. The number of hydrogen-bond acceptors (Lipinski definition) is 6. The van der Waals surface area contributed by atoms with Gasteiger partial charge in [0, 0.05) is 22.4 Å². The number of hydrogen-bond donors (Lipinski definition) is 1. The first-order chi connectivity index (χ1) is 15.3. The number of halogens is 3. The summed E-state index contributed by atoms with van der Waals surface area (Å²) in [5.74, 6) is -0.443. The van der Waals surface area contributed by atoms with E-state index in [2.05, 4.69) is 11.4 Å². The van der Waals surface area contributed by atoms with Gasteiger partial charge in [-0.1, -0.05) is 6.42 Å². The molecule has 1 amide bonds. The maximum absolute atomic E-state index is 13.1. The number of benzene rings is 1. The molecule has 0 bridgehead atoms. The van der Waals surface area contributed by atoms with Crippen molar-refractivity contribution >= 4 is 33.2 Å². The number of nitriles is 1. The van der Waals surface area contributed by atoms with E-state index >= 15 is 0 Å². The van der Waals surface area contributed by atoms with E-state index in [9.17, 15) is 28.0 Å². The molecule has 1 aliphatic carbocycles. The largest absolute Gasteiger partial charge is 0.484 e. The third kappa shape index (κ3) is 4.48. The van der Waals surface area contributed by atoms with Crippen LogP contribution in [-0.2, 0) is 23.8 Å². The van der Waals surface area contributed by atoms with Crippen LogP contribution < -0.4 is 15.7 Å². The summed E-state index contributed by atoms with van der Waals surface area (Å²) < 4.78 is 49.7. The standard InChI is InChI=1S/C22H17F3N2O4S/c23-22(24,25)16-9-20(29)31-17-8-12(6-7-14(16)17)30-11-19(28)27-21-15(10-26)13-4-2-1-3-5-18(13)32-21/h6-9H,1-5,11H2,(H,27,28). The maximum atomic E-state index is 13.1. The van der Waals surface area contributed by atoms with E-state index in [-0.39, 0.29) is 16.7 Å². The number of aryl methyl sites for hydroxylation is 1. The zero-order valence-electron chi connectivity index (χ0n) is 16.7. The summed E-state index contributed by atoms with van der Waals surface area (Å²) >= 11 is 1.39. The molecule has 1 N–H and O–H groups in total. The summed E-state index contributed by atoms with van der Waals surface area (Å²) in [4.78, 5) is 25.0. The average molecular weight is 462 g/mol. The van der Waals surface area contributed by atoms with E-state index < -0.39 is 29.9 Å². The zero-order chi connectivity index (χ0) is 22.9. The molecule has 10 heteroatoms. The quantitative estimate of drug-likeness (QED) is 0.434. The van der Waals surface area contributed by atoms with Gasteiger partial charge in [0.05, 0.1) is 11.1 Å². The summed E-state index contributed by atoms with van der Waals surface area (Å²) in [6.07, 6.45) is 0.130. The Morgan fingerprint density at radius 3 is 2.75 bits per heavy atom. The number of carbonyl (C=O) groups is 1. The van der Waals surface area contributed by atoms with E-state index in [0.717, 1.165) is 54.7 Å². The SMILES string of the molecule is N#Cc1c(NC(=O)COc2ccc3c(C(F)(F)F)cc(=O)oc3c2)sc2c1CCCCC2. The van der Waals surface area contributed by atoms with Crippen LogP contribution in [0.5, 0.6) is 5.75 Å². The van der Waals surface area contributed by atoms with Gasteiger partial charge in [-0.2, -0.15) is 18.4 Å². The Morgan fingerprint density at radius 1 is 1.22 bits per heavy atom. The number of rotatable bonds is 4. The third-order valence-corrected chi connectivity index (χ3v) is 6.38. The van der Waals surface area contributed by atoms with Gasteiger partial charge in [-0.25, -0.2) is 4.79 Å². The Labute approximate surface area is 184 Å². The van der Waals surface area contributed by atoms with Crippen molar-refractivity contribution in [3.8, 4) is 11.8 Å². The highest BCUT2D eigenvalue weighted by Crippen LogP contribution is 2.37. The number of amides is 1. The number of anilines is 1. The zero-order valence-corrected chi connectivity index (χ0v) is 17.5. The van der Waals surface area contributed by atoms with Gasteiger partial charge in [0.2, 0.25) is 0 Å². The van der Waals surface area contributed by atoms with E-state index in [4.69, 9.17) is 9.15 Å². The maximum Gasteiger partial charge on any atom is 0.417 e. The first kappa shape index (κ1) is 21.9. The molecule has 166 valence electrons. The first-order valence-electron chi connectivity index (χ1n) is 9.88. The summed E-state index contributed by atoms with van der Waals surface area (Å²) in [6, 6.07) is 6.09. The van der Waals surface area contributed by atoms with Crippen LogP contribution in [0, 0.1) is 11.3 Å². The Morgan fingerprint density at radius 2 is 2.00 bits per heavy atom. The van der Waals surface area contributed by atoms with Crippen molar-refractivity contribution < 1.29 is 27.1 Å². The van der Waals surface area contributed by atoms with Gasteiger partial charge in [0.25, 0.3) is 5.91 Å². The molecule has 0 atom stereocenters. The monoisotopic (exact) mass is 462 g/mol. The molecule has 2 heterocycles. The second kappa shape index (κ2) is 8.67. The minimum Gasteiger partial charge on any atom is -0.484 e. The highest BCUT2D eigenvalue weighted by Gasteiger charge is 2.34. The Kier molecular flexibility index (Phi) is 5.93. The molecule has 6 nitrogen and oxygen atoms in total. The number of carbonyl (C=O) groups excluding carboxylic acids is 1. The lowest BCUT2D eigenvalue weighted by Crippen LogP contribution is -2.20. The van der Waals surface area contributed by atoms with Crippen molar-refractivity contribution in [2.75, 3.05) is 11.9 Å². The van der Waals surface area contributed by atoms with Crippen LogP contribution in [-0.4, -0.2) is 12.5 Å². The minimum atomic E-state index is -4.71. The van der Waals surface area contributed by atoms with Crippen LogP contribution in [0.15, 0.2) is 33.5 Å². The highest BCUT2D eigenvalue weighted by atomic mass is 32.1. The van der Waals surface area contributed by atoms with E-state index in [1.165, 1.54) is 17.4 Å². The fraction of sp³-hybridized carbons (Fsp3) is 0.318. The van der Waals surface area contributed by atoms with Crippen molar-refractivity contribution in [3.05, 3.63) is 56.3 Å². The van der Waals surface area contributed by atoms with Gasteiger partial charge < -0.3 is 14.5 Å². The van der Waals surface area contributed by atoms with Crippen molar-refractivity contribution in [2.24, 2.45) is 0 Å². The number of fused-ring (bicyclic) bond motifs is 2. The van der Waals surface area contributed by atoms with Crippen LogP contribution in [0.25, 0.3) is 11.0 Å². The molecule has 0 saturated carbocycles. The molecule has 1 aliphatic rings. The molecule has 0 fully saturated rings. The van der Waals surface area contributed by atoms with Gasteiger partial charge in [-0.05, 0) is 43.4 Å². The van der Waals surface area contributed by atoms with Crippen LogP contribution in [0.1, 0.15) is 40.8 Å². The number of thiophene rings is 1. The van der Waals surface area contributed by atoms with E-state index in [0.29, 0.717) is 16.6 Å². The second-order valence-electron chi connectivity index (χ2n) is 7.35. The predicted molar refractivity (Wildman–Crippen MR) is 112 cm³/mol. The van der Waals surface area contributed by atoms with Gasteiger partial charge >= 0.3 is 11.8 Å². The molecule has 0 radical (unpaired) electrons. The highest BCUT2D eigenvalue weighted by molar-refractivity contribution is 7.16. The van der Waals surface area contributed by atoms with Crippen molar-refractivity contribution in [2.45, 2.75) is 38.3 Å². The number of nitrogens with one attached hydrogen (secondary N) is 1. The Balaban J connectivity index is 1.49. The smallest absolute Gasteiger partial charge is 0.417 e. The molecule has 0 spiro atoms. The molecule has 32 heavy (non-hydrogen) atoms. The van der Waals surface area contributed by atoms with Crippen LogP contribution in [0.3, 0.4) is 0 Å². The van der Waals surface area contributed by atoms with E-state index in [1.54, 1.807) is 0 Å². The Bertz CT molecular complexity index is 1290. The van der Waals surface area contributed by atoms with Gasteiger partial charge in [-0.15, -0.1) is 11.3 Å². The lowest BCUT2D eigenvalue weighted by atomic mass is 10.1. The molecule has 4 rings (SSSR count). The first-order valence-corrected chi connectivity index (χ1v) is 10.7. The third-order valence-electron chi connectivity index (χ3n) is 5.18. The molecule has 2 aromatic heterocycles. The summed E-state index contributed by atoms with van der Waals surface area (Å²) in [5.41, 5.74) is -1.06. The van der Waals surface area contributed by atoms with Crippen LogP contribution in [0.2, 0.25) is 0 Å². The summed E-state index contributed by atoms with van der Waals surface area (Å²) in [7, 11) is 0. The fourth-order valence-corrected chi connectivity index (χ4v) is 4.98. The molecular weight excluding hydrogens is 445 g/mol. The fourth-order valence-electron chi connectivity index (χ4n) is 3.73. The molecule has 0 saturated heterocycles. The van der Waals surface area contributed by atoms with Crippen LogP contribution in [0.4, 0.5) is 18.2 Å². The Hall–Kier alpha value is -3.32. The van der Waals surface area contributed by atoms with Crippen molar-refractivity contribution in [3.63, 3.8) is 0 Å². The number of alkyl halides is 3. The number of nitrogens with zero attached hydrogens (tertiary/aromatic N) is 1. The second-order valence-corrected chi connectivity index (χ2v) is 8.46. The molecule has 0 unspecified atom stereocenters. The van der Waals surface area contributed by atoms with Crippen molar-refractivity contribution in [1.29, 1.82) is 5.26 Å². The molecule has 0 aliphatic heterocycles. The summed E-state index contributed by atoms with van der Waals surface area (Å²) in [5, 5.41) is 12.4. The van der Waals surface area contributed by atoms with Gasteiger partial charge in [-0.3, -0.25) is 4.79 Å². The van der Waals surface area contributed by atoms with Crippen LogP contribution >= 0.6 is 11.3 Å². The topological polar surface area (TPSA) is 92.3 Å². The van der Waals surface area contributed by atoms with Gasteiger partial charge in [0.1, 0.15) is 22.4 Å². The molecule has 3 aromatic rings. The normalized spacial score (nSPS) is 13.8. The predicted octanol–water partition coefficient (Wildman–Crippen LogP) is 5.03. The summed E-state index contributed by atoms with van der Waals surface area (Å²) in [6.45, 7) is -0.428. The molecule has 1 aromatic carbocycles. The number of ether oxygens (including phenoxy) is 1. The van der Waals surface area contributed by atoms with Gasteiger partial charge in [0.15, 0.2) is 6.61 Å². The molecular formula is C22H17F3N2O4S. The minimum absolute atomic E-state index is 0.0672. The lowest BCUT2D eigenvalue weighted by molar-refractivity contribution is -0.136. The van der Waals surface area contributed by atoms with Crippen molar-refractivity contribution in [1.82, 2.24) is 0 Å².